The lowest BCUT2D eigenvalue weighted by atomic mass is 10.3. The number of aryl methyl sites for hydroxylation is 1. The summed E-state index contributed by atoms with van der Waals surface area (Å²) in [4.78, 5) is 16.8. The molecule has 0 spiro atoms. The molecule has 0 fully saturated rings. The summed E-state index contributed by atoms with van der Waals surface area (Å²) in [6.45, 7) is 1.83. The zero-order chi connectivity index (χ0) is 10.7. The van der Waals surface area contributed by atoms with Crippen molar-refractivity contribution < 1.29 is 0 Å². The van der Waals surface area contributed by atoms with E-state index in [1.54, 1.807) is 13.2 Å². The highest BCUT2D eigenvalue weighted by Gasteiger charge is 2.05. The minimum absolute atomic E-state index is 0.558. The number of hydrogen-bond donors (Lipinski definition) is 1. The molecule has 5 heteroatoms. The highest BCUT2D eigenvalue weighted by Crippen LogP contribution is 2.12. The van der Waals surface area contributed by atoms with Crippen LogP contribution in [-0.2, 0) is 0 Å². The molecular formula is C10H11N5. The Bertz CT molecular complexity index is 455. The maximum Gasteiger partial charge on any atom is 0.226 e. The number of aromatic nitrogens is 4. The van der Waals surface area contributed by atoms with E-state index in [0.717, 1.165) is 5.69 Å². The van der Waals surface area contributed by atoms with Crippen LogP contribution in [0.25, 0.3) is 11.5 Å². The number of rotatable bonds is 2. The van der Waals surface area contributed by atoms with Gasteiger partial charge in [0.15, 0.2) is 5.82 Å². The normalized spacial score (nSPS) is 10.0. The molecule has 0 saturated carbocycles. The number of nitrogens with one attached hydrogen (secondary N) is 1. The minimum atomic E-state index is 0.558. The molecule has 0 amide bonds. The van der Waals surface area contributed by atoms with E-state index < -0.39 is 0 Å². The van der Waals surface area contributed by atoms with Crippen molar-refractivity contribution in [2.45, 2.75) is 6.92 Å². The van der Waals surface area contributed by atoms with Crippen LogP contribution in [0, 0.1) is 6.92 Å². The molecule has 76 valence electrons. The van der Waals surface area contributed by atoms with E-state index in [2.05, 4.69) is 25.3 Å². The summed E-state index contributed by atoms with van der Waals surface area (Å²) in [7, 11) is 1.77. The van der Waals surface area contributed by atoms with Gasteiger partial charge in [0.1, 0.15) is 11.5 Å². The second-order valence-electron chi connectivity index (χ2n) is 2.99. The molecule has 1 N–H and O–H groups in total. The summed E-state index contributed by atoms with van der Waals surface area (Å²) < 4.78 is 0. The fourth-order valence-corrected chi connectivity index (χ4v) is 1.20. The molecule has 0 unspecified atom stereocenters. The second-order valence-corrected chi connectivity index (χ2v) is 2.99. The lowest BCUT2D eigenvalue weighted by Gasteiger charge is -2.03. The molecule has 0 aliphatic rings. The van der Waals surface area contributed by atoms with Gasteiger partial charge >= 0.3 is 0 Å². The fourth-order valence-electron chi connectivity index (χ4n) is 1.20. The van der Waals surface area contributed by atoms with Gasteiger partial charge in [0.2, 0.25) is 5.95 Å². The molecule has 5 nitrogen and oxygen atoms in total. The molecule has 2 aromatic rings. The second kappa shape index (κ2) is 4.00. The molecule has 2 heterocycles. The smallest absolute Gasteiger partial charge is 0.226 e. The van der Waals surface area contributed by atoms with Crippen LogP contribution in [0.4, 0.5) is 5.95 Å². The van der Waals surface area contributed by atoms with Crippen LogP contribution < -0.4 is 5.32 Å². The van der Waals surface area contributed by atoms with Crippen molar-refractivity contribution in [3.8, 4) is 11.5 Å². The third kappa shape index (κ3) is 2.07. The van der Waals surface area contributed by atoms with Gasteiger partial charge in [-0.25, -0.2) is 4.98 Å². The summed E-state index contributed by atoms with van der Waals surface area (Å²) in [6.07, 6.45) is 1.72. The van der Waals surface area contributed by atoms with Crippen LogP contribution in [0.3, 0.4) is 0 Å². The van der Waals surface area contributed by atoms with Crippen LogP contribution in [0.5, 0.6) is 0 Å². The van der Waals surface area contributed by atoms with Gasteiger partial charge < -0.3 is 5.32 Å². The Labute approximate surface area is 87.6 Å². The van der Waals surface area contributed by atoms with Gasteiger partial charge in [0.25, 0.3) is 0 Å². The number of pyridine rings is 1. The molecule has 0 radical (unpaired) electrons. The SMILES string of the molecule is CNc1nc(C)nc(-c2ccccn2)n1. The van der Waals surface area contributed by atoms with Crippen LogP contribution in [0.15, 0.2) is 24.4 Å². The van der Waals surface area contributed by atoms with E-state index in [-0.39, 0.29) is 0 Å². The largest absolute Gasteiger partial charge is 0.357 e. The third-order valence-electron chi connectivity index (χ3n) is 1.86. The molecule has 0 atom stereocenters. The van der Waals surface area contributed by atoms with Crippen LogP contribution >= 0.6 is 0 Å². The molecule has 0 saturated heterocycles. The zero-order valence-corrected chi connectivity index (χ0v) is 8.60. The Balaban J connectivity index is 2.49. The first-order valence-corrected chi connectivity index (χ1v) is 4.61. The van der Waals surface area contributed by atoms with E-state index in [4.69, 9.17) is 0 Å². The van der Waals surface area contributed by atoms with Crippen molar-refractivity contribution in [1.29, 1.82) is 0 Å². The predicted octanol–water partition coefficient (Wildman–Crippen LogP) is 1.28. The van der Waals surface area contributed by atoms with Crippen molar-refractivity contribution in [3.63, 3.8) is 0 Å². The lowest BCUT2D eigenvalue weighted by Crippen LogP contribution is -2.03. The number of anilines is 1. The number of hydrogen-bond acceptors (Lipinski definition) is 5. The molecule has 2 rings (SSSR count). The quantitative estimate of drug-likeness (QED) is 0.793. The Morgan fingerprint density at radius 3 is 2.67 bits per heavy atom. The molecule has 2 aromatic heterocycles. The topological polar surface area (TPSA) is 63.6 Å². The molecular weight excluding hydrogens is 190 g/mol. The summed E-state index contributed by atoms with van der Waals surface area (Å²) in [6, 6.07) is 5.63. The minimum Gasteiger partial charge on any atom is -0.357 e. The first-order chi connectivity index (χ1) is 7.29. The molecule has 0 aliphatic carbocycles. The van der Waals surface area contributed by atoms with Crippen molar-refractivity contribution in [2.75, 3.05) is 12.4 Å². The summed E-state index contributed by atoms with van der Waals surface area (Å²) in [5, 5.41) is 2.89. The van der Waals surface area contributed by atoms with Crippen molar-refractivity contribution in [1.82, 2.24) is 19.9 Å². The Morgan fingerprint density at radius 2 is 2.00 bits per heavy atom. The van der Waals surface area contributed by atoms with Gasteiger partial charge in [-0.05, 0) is 19.1 Å². The van der Waals surface area contributed by atoms with Gasteiger partial charge in [-0.3, -0.25) is 4.98 Å². The number of nitrogens with zero attached hydrogens (tertiary/aromatic N) is 4. The molecule has 0 bridgehead atoms. The van der Waals surface area contributed by atoms with Gasteiger partial charge in [-0.1, -0.05) is 6.07 Å². The van der Waals surface area contributed by atoms with Gasteiger partial charge in [0, 0.05) is 13.2 Å². The first kappa shape index (κ1) is 9.51. The van der Waals surface area contributed by atoms with E-state index >= 15 is 0 Å². The van der Waals surface area contributed by atoms with Crippen LogP contribution in [-0.4, -0.2) is 27.0 Å². The Morgan fingerprint density at radius 1 is 1.13 bits per heavy atom. The highest BCUT2D eigenvalue weighted by atomic mass is 15.1. The maximum absolute atomic E-state index is 4.23. The molecule has 0 aliphatic heterocycles. The highest BCUT2D eigenvalue weighted by molar-refractivity contribution is 5.50. The lowest BCUT2D eigenvalue weighted by molar-refractivity contribution is 0.977. The van der Waals surface area contributed by atoms with Crippen LogP contribution in [0.2, 0.25) is 0 Å². The Hall–Kier alpha value is -2.04. The third-order valence-corrected chi connectivity index (χ3v) is 1.86. The zero-order valence-electron chi connectivity index (χ0n) is 8.60. The monoisotopic (exact) mass is 201 g/mol. The van der Waals surface area contributed by atoms with Crippen molar-refractivity contribution in [3.05, 3.63) is 30.2 Å². The summed E-state index contributed by atoms with van der Waals surface area (Å²) >= 11 is 0. The average molecular weight is 201 g/mol. The summed E-state index contributed by atoms with van der Waals surface area (Å²) in [5.41, 5.74) is 0.750. The van der Waals surface area contributed by atoms with E-state index in [1.807, 2.05) is 25.1 Å². The van der Waals surface area contributed by atoms with E-state index in [0.29, 0.717) is 17.6 Å². The summed E-state index contributed by atoms with van der Waals surface area (Å²) in [5.74, 6) is 1.82. The van der Waals surface area contributed by atoms with Gasteiger partial charge in [-0.2, -0.15) is 9.97 Å². The predicted molar refractivity (Wildman–Crippen MR) is 57.3 cm³/mol. The molecule has 15 heavy (non-hydrogen) atoms. The van der Waals surface area contributed by atoms with Crippen molar-refractivity contribution >= 4 is 5.95 Å². The average Bonchev–Trinajstić information content (AvgIpc) is 2.29. The fraction of sp³-hybridized carbons (Fsp3) is 0.200. The van der Waals surface area contributed by atoms with Crippen molar-refractivity contribution in [2.24, 2.45) is 0 Å². The standard InChI is InChI=1S/C10H11N5/c1-7-13-9(15-10(11-2)14-7)8-5-3-4-6-12-8/h3-6H,1-2H3,(H,11,13,14,15). The van der Waals surface area contributed by atoms with Gasteiger partial charge in [0.05, 0.1) is 0 Å². The van der Waals surface area contributed by atoms with E-state index in [9.17, 15) is 0 Å². The van der Waals surface area contributed by atoms with E-state index in [1.165, 1.54) is 0 Å². The Kier molecular flexibility index (Phi) is 2.53. The maximum atomic E-state index is 4.23. The molecule has 0 aromatic carbocycles. The first-order valence-electron chi connectivity index (χ1n) is 4.61. The van der Waals surface area contributed by atoms with Crippen LogP contribution in [0.1, 0.15) is 5.82 Å². The van der Waals surface area contributed by atoms with Gasteiger partial charge in [-0.15, -0.1) is 0 Å².